The third-order valence-electron chi connectivity index (χ3n) is 1.93. The van der Waals surface area contributed by atoms with Gasteiger partial charge in [0.25, 0.3) is 0 Å². The van der Waals surface area contributed by atoms with Gasteiger partial charge in [-0.15, -0.1) is 0 Å². The van der Waals surface area contributed by atoms with Gasteiger partial charge in [0, 0.05) is 20.7 Å². The lowest BCUT2D eigenvalue weighted by atomic mass is 10.3. The third-order valence-corrected chi connectivity index (χ3v) is 1.93. The first-order valence-corrected chi connectivity index (χ1v) is 5.03. The maximum absolute atomic E-state index is 11.4. The third kappa shape index (κ3) is 6.86. The molecule has 0 saturated carbocycles. The monoisotopic (exact) mass is 203 g/mol. The van der Waals surface area contributed by atoms with Crippen LogP contribution in [0, 0.1) is 0 Å². The Hall–Kier alpha value is -0.610. The molecule has 0 N–H and O–H groups in total. The highest BCUT2D eigenvalue weighted by Gasteiger charge is 2.07. The lowest BCUT2D eigenvalue weighted by Gasteiger charge is -2.16. The molecule has 0 aromatic heterocycles. The van der Waals surface area contributed by atoms with Crippen molar-refractivity contribution in [2.75, 3.05) is 40.5 Å². The molecule has 0 aliphatic heterocycles. The van der Waals surface area contributed by atoms with E-state index in [0.29, 0.717) is 13.2 Å². The van der Waals surface area contributed by atoms with Crippen LogP contribution in [-0.2, 0) is 14.3 Å². The fraction of sp³-hybridized carbons (Fsp3) is 0.900. The summed E-state index contributed by atoms with van der Waals surface area (Å²) in [5.74, 6) is 0.0366. The zero-order valence-electron chi connectivity index (χ0n) is 9.41. The zero-order valence-corrected chi connectivity index (χ0v) is 9.41. The number of nitrogens with zero attached hydrogens (tertiary/aromatic N) is 1. The Morgan fingerprint density at radius 1 is 1.36 bits per heavy atom. The summed E-state index contributed by atoms with van der Waals surface area (Å²) in [5.41, 5.74) is 0. The number of likely N-dealkylation sites (N-methyl/N-ethyl adjacent to an activating group) is 1. The molecule has 0 radical (unpaired) electrons. The first-order valence-electron chi connectivity index (χ1n) is 5.03. The van der Waals surface area contributed by atoms with Crippen molar-refractivity contribution >= 4 is 5.91 Å². The van der Waals surface area contributed by atoms with Crippen molar-refractivity contribution in [1.29, 1.82) is 0 Å². The molecule has 4 nitrogen and oxygen atoms in total. The van der Waals surface area contributed by atoms with Crippen LogP contribution in [0.2, 0.25) is 0 Å². The van der Waals surface area contributed by atoms with Crippen molar-refractivity contribution in [1.82, 2.24) is 4.90 Å². The second-order valence-corrected chi connectivity index (χ2v) is 3.21. The van der Waals surface area contributed by atoms with Crippen molar-refractivity contribution in [3.8, 4) is 0 Å². The Morgan fingerprint density at radius 2 is 2.07 bits per heavy atom. The van der Waals surface area contributed by atoms with Gasteiger partial charge in [-0.1, -0.05) is 13.3 Å². The van der Waals surface area contributed by atoms with E-state index in [0.717, 1.165) is 19.4 Å². The van der Waals surface area contributed by atoms with Gasteiger partial charge in [0.15, 0.2) is 0 Å². The zero-order chi connectivity index (χ0) is 10.8. The predicted molar refractivity (Wildman–Crippen MR) is 55.2 cm³/mol. The fourth-order valence-electron chi connectivity index (χ4n) is 0.932. The molecule has 0 bridgehead atoms. The summed E-state index contributed by atoms with van der Waals surface area (Å²) >= 11 is 0. The molecule has 0 unspecified atom stereocenters. The second kappa shape index (κ2) is 8.97. The molecule has 0 heterocycles. The average molecular weight is 203 g/mol. The fourth-order valence-corrected chi connectivity index (χ4v) is 0.932. The van der Waals surface area contributed by atoms with Crippen molar-refractivity contribution < 1.29 is 14.3 Å². The minimum absolute atomic E-state index is 0.0366. The maximum Gasteiger partial charge on any atom is 0.248 e. The van der Waals surface area contributed by atoms with Gasteiger partial charge in [0.05, 0.1) is 13.2 Å². The van der Waals surface area contributed by atoms with Gasteiger partial charge in [0.1, 0.15) is 6.61 Å². The van der Waals surface area contributed by atoms with E-state index >= 15 is 0 Å². The van der Waals surface area contributed by atoms with Crippen LogP contribution >= 0.6 is 0 Å². The smallest absolute Gasteiger partial charge is 0.248 e. The first kappa shape index (κ1) is 13.4. The highest BCUT2D eigenvalue weighted by molar-refractivity contribution is 5.77. The standard InChI is InChI=1S/C10H21NO3/c1-4-5-6-11(2)10(12)9-14-8-7-13-3/h4-9H2,1-3H3. The average Bonchev–Trinajstić information content (AvgIpc) is 2.20. The van der Waals surface area contributed by atoms with E-state index in [1.165, 1.54) is 0 Å². The van der Waals surface area contributed by atoms with Crippen LogP contribution in [0.25, 0.3) is 0 Å². The number of methoxy groups -OCH3 is 1. The lowest BCUT2D eigenvalue weighted by molar-refractivity contribution is -0.135. The van der Waals surface area contributed by atoms with E-state index < -0.39 is 0 Å². The molecule has 4 heteroatoms. The van der Waals surface area contributed by atoms with Gasteiger partial charge in [-0.05, 0) is 6.42 Å². The van der Waals surface area contributed by atoms with Crippen molar-refractivity contribution in [2.45, 2.75) is 19.8 Å². The highest BCUT2D eigenvalue weighted by atomic mass is 16.5. The number of unbranched alkanes of at least 4 members (excludes halogenated alkanes) is 1. The maximum atomic E-state index is 11.4. The van der Waals surface area contributed by atoms with Gasteiger partial charge in [-0.25, -0.2) is 0 Å². The van der Waals surface area contributed by atoms with Gasteiger partial charge >= 0.3 is 0 Å². The summed E-state index contributed by atoms with van der Waals surface area (Å²) in [7, 11) is 3.41. The molecular weight excluding hydrogens is 182 g/mol. The van der Waals surface area contributed by atoms with E-state index in [-0.39, 0.29) is 12.5 Å². The Morgan fingerprint density at radius 3 is 2.64 bits per heavy atom. The largest absolute Gasteiger partial charge is 0.382 e. The van der Waals surface area contributed by atoms with Crippen molar-refractivity contribution in [3.63, 3.8) is 0 Å². The quantitative estimate of drug-likeness (QED) is 0.550. The normalized spacial score (nSPS) is 10.2. The van der Waals surface area contributed by atoms with Crippen LogP contribution in [0.5, 0.6) is 0 Å². The van der Waals surface area contributed by atoms with Gasteiger partial charge < -0.3 is 14.4 Å². The predicted octanol–water partition coefficient (Wildman–Crippen LogP) is 0.908. The van der Waals surface area contributed by atoms with E-state index in [4.69, 9.17) is 9.47 Å². The summed E-state index contributed by atoms with van der Waals surface area (Å²) in [6.45, 7) is 4.08. The van der Waals surface area contributed by atoms with E-state index in [1.54, 1.807) is 19.1 Å². The summed E-state index contributed by atoms with van der Waals surface area (Å²) in [5, 5.41) is 0. The molecule has 0 atom stereocenters. The molecule has 0 aromatic rings. The van der Waals surface area contributed by atoms with Crippen LogP contribution in [0.4, 0.5) is 0 Å². The Labute approximate surface area is 86.2 Å². The van der Waals surface area contributed by atoms with E-state index in [9.17, 15) is 4.79 Å². The number of carbonyl (C=O) groups is 1. The van der Waals surface area contributed by atoms with Crippen LogP contribution in [0.3, 0.4) is 0 Å². The van der Waals surface area contributed by atoms with Gasteiger partial charge in [-0.2, -0.15) is 0 Å². The Bertz CT molecular complexity index is 150. The first-order chi connectivity index (χ1) is 6.72. The van der Waals surface area contributed by atoms with Crippen LogP contribution < -0.4 is 0 Å². The van der Waals surface area contributed by atoms with Crippen molar-refractivity contribution in [3.05, 3.63) is 0 Å². The number of hydrogen-bond donors (Lipinski definition) is 0. The molecule has 0 spiro atoms. The minimum Gasteiger partial charge on any atom is -0.382 e. The summed E-state index contributed by atoms with van der Waals surface area (Å²) in [6, 6.07) is 0. The van der Waals surface area contributed by atoms with Crippen LogP contribution in [-0.4, -0.2) is 51.3 Å². The number of ether oxygens (including phenoxy) is 2. The molecule has 0 aliphatic rings. The Balaban J connectivity index is 3.42. The van der Waals surface area contributed by atoms with Gasteiger partial charge in [-0.3, -0.25) is 4.79 Å². The number of hydrogen-bond acceptors (Lipinski definition) is 3. The summed E-state index contributed by atoms with van der Waals surface area (Å²) in [4.78, 5) is 13.1. The van der Waals surface area contributed by atoms with E-state index in [1.807, 2.05) is 0 Å². The number of amides is 1. The number of rotatable bonds is 8. The molecule has 0 rings (SSSR count). The molecule has 84 valence electrons. The molecular formula is C10H21NO3. The molecule has 14 heavy (non-hydrogen) atoms. The second-order valence-electron chi connectivity index (χ2n) is 3.21. The SMILES string of the molecule is CCCCN(C)C(=O)COCCOC. The highest BCUT2D eigenvalue weighted by Crippen LogP contribution is 1.93. The van der Waals surface area contributed by atoms with Gasteiger partial charge in [0.2, 0.25) is 5.91 Å². The molecule has 0 fully saturated rings. The molecule has 0 saturated heterocycles. The Kier molecular flexibility index (Phi) is 8.57. The number of carbonyl (C=O) groups excluding carboxylic acids is 1. The molecule has 0 aromatic carbocycles. The molecule has 0 aliphatic carbocycles. The summed E-state index contributed by atoms with van der Waals surface area (Å²) < 4.78 is 9.92. The topological polar surface area (TPSA) is 38.8 Å². The van der Waals surface area contributed by atoms with E-state index in [2.05, 4.69) is 6.92 Å². The van der Waals surface area contributed by atoms with Crippen molar-refractivity contribution in [2.24, 2.45) is 0 Å². The minimum atomic E-state index is 0.0366. The summed E-state index contributed by atoms with van der Waals surface area (Å²) in [6.07, 6.45) is 2.14. The molecule has 1 amide bonds. The van der Waals surface area contributed by atoms with Crippen LogP contribution in [0.1, 0.15) is 19.8 Å². The lowest BCUT2D eigenvalue weighted by Crippen LogP contribution is -2.31. The van der Waals surface area contributed by atoms with Crippen LogP contribution in [0.15, 0.2) is 0 Å².